The Bertz CT molecular complexity index is 790. The van der Waals surface area contributed by atoms with Gasteiger partial charge in [0.1, 0.15) is 18.5 Å². The van der Waals surface area contributed by atoms with Crippen LogP contribution in [0, 0.1) is 0 Å². The smallest absolute Gasteiger partial charge is 0.120 e. The first-order chi connectivity index (χ1) is 10.3. The van der Waals surface area contributed by atoms with E-state index in [-0.39, 0.29) is 6.10 Å². The molecule has 0 N–H and O–H groups in total. The number of hydrogen-bond acceptors (Lipinski definition) is 3. The summed E-state index contributed by atoms with van der Waals surface area (Å²) in [5.74, 6) is 0.883. The van der Waals surface area contributed by atoms with Gasteiger partial charge in [-0.1, -0.05) is 18.2 Å². The van der Waals surface area contributed by atoms with Crippen molar-refractivity contribution in [2.75, 3.05) is 13.2 Å². The van der Waals surface area contributed by atoms with Gasteiger partial charge < -0.3 is 14.0 Å². The van der Waals surface area contributed by atoms with E-state index in [4.69, 9.17) is 9.47 Å². The summed E-state index contributed by atoms with van der Waals surface area (Å²) in [6.07, 6.45) is 2.11. The standard InChI is InChI=1S/C17H16N2O2/c1-19-11-18-16-6-5-13(8-17(16)19)12-3-2-4-14(7-12)20-9-15-10-21-15/h2-8,11,15H,9-10H2,1H3. The first kappa shape index (κ1) is 12.4. The number of aromatic nitrogens is 2. The van der Waals surface area contributed by atoms with Gasteiger partial charge in [0.2, 0.25) is 0 Å². The Hall–Kier alpha value is -2.33. The van der Waals surface area contributed by atoms with Gasteiger partial charge >= 0.3 is 0 Å². The highest BCUT2D eigenvalue weighted by Crippen LogP contribution is 2.27. The van der Waals surface area contributed by atoms with E-state index < -0.39 is 0 Å². The van der Waals surface area contributed by atoms with E-state index in [1.165, 1.54) is 5.56 Å². The number of benzene rings is 2. The third kappa shape index (κ3) is 2.50. The largest absolute Gasteiger partial charge is 0.491 e. The molecule has 1 unspecified atom stereocenters. The molecule has 2 aromatic carbocycles. The minimum absolute atomic E-state index is 0.277. The third-order valence-corrected chi connectivity index (χ3v) is 3.73. The Morgan fingerprint density at radius 2 is 2.10 bits per heavy atom. The molecule has 1 aromatic heterocycles. The lowest BCUT2D eigenvalue weighted by Gasteiger charge is -2.07. The van der Waals surface area contributed by atoms with Gasteiger partial charge in [-0.25, -0.2) is 4.98 Å². The van der Waals surface area contributed by atoms with E-state index in [1.807, 2.05) is 30.1 Å². The van der Waals surface area contributed by atoms with Crippen molar-refractivity contribution in [3.05, 3.63) is 48.8 Å². The van der Waals surface area contributed by atoms with Gasteiger partial charge in [-0.3, -0.25) is 0 Å². The average molecular weight is 280 g/mol. The maximum absolute atomic E-state index is 5.75. The fraction of sp³-hybridized carbons (Fsp3) is 0.235. The second-order valence-electron chi connectivity index (χ2n) is 5.35. The van der Waals surface area contributed by atoms with Crippen LogP contribution in [0.15, 0.2) is 48.8 Å². The Kier molecular flexibility index (Phi) is 2.89. The van der Waals surface area contributed by atoms with E-state index in [0.717, 1.165) is 29.0 Å². The monoisotopic (exact) mass is 280 g/mol. The van der Waals surface area contributed by atoms with Gasteiger partial charge in [0.15, 0.2) is 0 Å². The molecule has 4 nitrogen and oxygen atoms in total. The molecular weight excluding hydrogens is 264 g/mol. The number of aryl methyl sites for hydroxylation is 1. The molecule has 1 fully saturated rings. The minimum Gasteiger partial charge on any atom is -0.491 e. The van der Waals surface area contributed by atoms with Crippen molar-refractivity contribution < 1.29 is 9.47 Å². The van der Waals surface area contributed by atoms with E-state index in [2.05, 4.69) is 35.3 Å². The molecule has 4 rings (SSSR count). The molecule has 3 aromatic rings. The molecule has 0 saturated carbocycles. The van der Waals surface area contributed by atoms with Crippen molar-refractivity contribution in [1.29, 1.82) is 0 Å². The lowest BCUT2D eigenvalue weighted by molar-refractivity contribution is 0.263. The number of rotatable bonds is 4. The third-order valence-electron chi connectivity index (χ3n) is 3.73. The number of fused-ring (bicyclic) bond motifs is 1. The molecular formula is C17H16N2O2. The van der Waals surface area contributed by atoms with Crippen LogP contribution in [0.5, 0.6) is 5.75 Å². The fourth-order valence-electron chi connectivity index (χ4n) is 2.42. The Morgan fingerprint density at radius 1 is 1.24 bits per heavy atom. The number of epoxide rings is 1. The van der Waals surface area contributed by atoms with Crippen LogP contribution in [0.4, 0.5) is 0 Å². The molecule has 0 spiro atoms. The van der Waals surface area contributed by atoms with Gasteiger partial charge in [-0.15, -0.1) is 0 Å². The number of nitrogens with zero attached hydrogens (tertiary/aromatic N) is 2. The molecule has 0 radical (unpaired) electrons. The van der Waals surface area contributed by atoms with Crippen molar-refractivity contribution in [2.45, 2.75) is 6.10 Å². The van der Waals surface area contributed by atoms with Crippen LogP contribution in [0.2, 0.25) is 0 Å². The second-order valence-corrected chi connectivity index (χ2v) is 5.35. The molecule has 0 aliphatic carbocycles. The second kappa shape index (κ2) is 4.90. The topological polar surface area (TPSA) is 39.6 Å². The summed E-state index contributed by atoms with van der Waals surface area (Å²) >= 11 is 0. The minimum atomic E-state index is 0.277. The SMILES string of the molecule is Cn1cnc2ccc(-c3cccc(OCC4CO4)c3)cc21. The molecule has 0 bridgehead atoms. The summed E-state index contributed by atoms with van der Waals surface area (Å²) in [4.78, 5) is 4.35. The zero-order chi connectivity index (χ0) is 14.2. The number of imidazole rings is 1. The predicted octanol–water partition coefficient (Wildman–Crippen LogP) is 3.02. The first-order valence-electron chi connectivity index (χ1n) is 7.05. The zero-order valence-corrected chi connectivity index (χ0v) is 11.8. The molecule has 106 valence electrons. The Labute approximate surface area is 122 Å². The van der Waals surface area contributed by atoms with Crippen molar-refractivity contribution in [2.24, 2.45) is 7.05 Å². The van der Waals surface area contributed by atoms with Crippen LogP contribution in [0.1, 0.15) is 0 Å². The highest BCUT2D eigenvalue weighted by atomic mass is 16.6. The summed E-state index contributed by atoms with van der Waals surface area (Å²) < 4.78 is 12.9. The molecule has 2 heterocycles. The Morgan fingerprint density at radius 3 is 2.95 bits per heavy atom. The first-order valence-corrected chi connectivity index (χ1v) is 7.05. The highest BCUT2D eigenvalue weighted by Gasteiger charge is 2.23. The van der Waals surface area contributed by atoms with Gasteiger partial charge in [0.05, 0.1) is 24.0 Å². The molecule has 1 aliphatic heterocycles. The van der Waals surface area contributed by atoms with Crippen LogP contribution < -0.4 is 4.74 Å². The normalized spacial score (nSPS) is 17.1. The molecule has 4 heteroatoms. The Balaban J connectivity index is 1.66. The van der Waals surface area contributed by atoms with E-state index >= 15 is 0 Å². The molecule has 1 aliphatic rings. The van der Waals surface area contributed by atoms with Gasteiger partial charge in [-0.2, -0.15) is 0 Å². The summed E-state index contributed by atoms with van der Waals surface area (Å²) in [6.45, 7) is 1.45. The van der Waals surface area contributed by atoms with Crippen molar-refractivity contribution in [3.63, 3.8) is 0 Å². The van der Waals surface area contributed by atoms with Gasteiger partial charge in [0.25, 0.3) is 0 Å². The maximum Gasteiger partial charge on any atom is 0.120 e. The van der Waals surface area contributed by atoms with Crippen LogP contribution in [0.3, 0.4) is 0 Å². The molecule has 1 atom stereocenters. The predicted molar refractivity (Wildman–Crippen MR) is 81.4 cm³/mol. The zero-order valence-electron chi connectivity index (χ0n) is 11.8. The quantitative estimate of drug-likeness (QED) is 0.690. The summed E-state index contributed by atoms with van der Waals surface area (Å²) in [7, 11) is 2.01. The highest BCUT2D eigenvalue weighted by molar-refractivity contribution is 5.82. The van der Waals surface area contributed by atoms with E-state index in [1.54, 1.807) is 0 Å². The summed E-state index contributed by atoms with van der Waals surface area (Å²) in [5.41, 5.74) is 4.45. The average Bonchev–Trinajstić information content (AvgIpc) is 3.29. The van der Waals surface area contributed by atoms with Gasteiger partial charge in [-0.05, 0) is 35.4 Å². The lowest BCUT2D eigenvalue weighted by Crippen LogP contribution is -2.03. The van der Waals surface area contributed by atoms with Crippen molar-refractivity contribution in [1.82, 2.24) is 9.55 Å². The number of ether oxygens (including phenoxy) is 2. The summed E-state index contributed by atoms with van der Waals surface area (Å²) in [5, 5.41) is 0. The van der Waals surface area contributed by atoms with Crippen LogP contribution in [0.25, 0.3) is 22.2 Å². The maximum atomic E-state index is 5.75. The van der Waals surface area contributed by atoms with E-state index in [0.29, 0.717) is 6.61 Å². The van der Waals surface area contributed by atoms with E-state index in [9.17, 15) is 0 Å². The van der Waals surface area contributed by atoms with Crippen LogP contribution >= 0.6 is 0 Å². The molecule has 21 heavy (non-hydrogen) atoms. The molecule has 0 amide bonds. The number of hydrogen-bond donors (Lipinski definition) is 0. The molecule has 1 saturated heterocycles. The van der Waals surface area contributed by atoms with Gasteiger partial charge in [0, 0.05) is 7.05 Å². The fourth-order valence-corrected chi connectivity index (χ4v) is 2.42. The van der Waals surface area contributed by atoms with Crippen LogP contribution in [-0.2, 0) is 11.8 Å². The van der Waals surface area contributed by atoms with Crippen LogP contribution in [-0.4, -0.2) is 28.9 Å². The van der Waals surface area contributed by atoms with Crippen molar-refractivity contribution in [3.8, 4) is 16.9 Å². The summed E-state index contributed by atoms with van der Waals surface area (Å²) in [6, 6.07) is 14.5. The van der Waals surface area contributed by atoms with Crippen molar-refractivity contribution >= 4 is 11.0 Å². The lowest BCUT2D eigenvalue weighted by atomic mass is 10.0.